The molecule has 1 aliphatic rings. The van der Waals surface area contributed by atoms with Crippen molar-refractivity contribution in [3.63, 3.8) is 0 Å². The Kier molecular flexibility index (Phi) is 7.22. The van der Waals surface area contributed by atoms with Crippen LogP contribution in [0.3, 0.4) is 0 Å². The zero-order valence-electron chi connectivity index (χ0n) is 16.2. The summed E-state index contributed by atoms with van der Waals surface area (Å²) in [5.41, 5.74) is 2.55. The first-order valence-corrected chi connectivity index (χ1v) is 11.9. The number of piperidine rings is 1. The molecule has 0 spiro atoms. The van der Waals surface area contributed by atoms with Crippen LogP contribution in [0.25, 0.3) is 0 Å². The molecule has 1 heterocycles. The Morgan fingerprint density at radius 3 is 2.52 bits per heavy atom. The summed E-state index contributed by atoms with van der Waals surface area (Å²) in [7, 11) is -3.64. The van der Waals surface area contributed by atoms with Crippen LogP contribution in [0, 0.1) is 12.8 Å². The summed E-state index contributed by atoms with van der Waals surface area (Å²) in [5, 5.41) is 3.60. The zero-order valence-corrected chi connectivity index (χ0v) is 18.5. The van der Waals surface area contributed by atoms with Crippen LogP contribution in [-0.4, -0.2) is 31.7 Å². The average Bonchev–Trinajstić information content (AvgIpc) is 2.70. The maximum Gasteiger partial charge on any atom is 0.224 e. The molecule has 1 atom stereocenters. The van der Waals surface area contributed by atoms with E-state index in [2.05, 4.69) is 5.32 Å². The van der Waals surface area contributed by atoms with Crippen molar-refractivity contribution >= 4 is 39.1 Å². The van der Waals surface area contributed by atoms with E-state index in [1.165, 1.54) is 4.31 Å². The lowest BCUT2D eigenvalue weighted by molar-refractivity contribution is -0.126. The van der Waals surface area contributed by atoms with E-state index in [0.717, 1.165) is 11.1 Å². The molecule has 0 aromatic heterocycles. The molecule has 0 aliphatic carbocycles. The summed E-state index contributed by atoms with van der Waals surface area (Å²) in [6, 6.07) is 12.8. The van der Waals surface area contributed by atoms with Gasteiger partial charge in [-0.25, -0.2) is 12.7 Å². The minimum absolute atomic E-state index is 0.121. The molecule has 5 nitrogen and oxygen atoms in total. The summed E-state index contributed by atoms with van der Waals surface area (Å²) in [6.45, 7) is 3.00. The molecule has 0 bridgehead atoms. The van der Waals surface area contributed by atoms with Gasteiger partial charge < -0.3 is 5.32 Å². The molecule has 1 fully saturated rings. The predicted molar refractivity (Wildman–Crippen MR) is 116 cm³/mol. The maximum atomic E-state index is 12.9. The Labute approximate surface area is 182 Å². The third-order valence-corrected chi connectivity index (χ3v) is 7.73. The number of hydrogen-bond donors (Lipinski definition) is 1. The van der Waals surface area contributed by atoms with E-state index < -0.39 is 10.0 Å². The highest BCUT2D eigenvalue weighted by molar-refractivity contribution is 7.88. The highest BCUT2D eigenvalue weighted by atomic mass is 35.5. The predicted octanol–water partition coefficient (Wildman–Crippen LogP) is 4.16. The molecule has 1 unspecified atom stereocenters. The third kappa shape index (κ3) is 5.51. The van der Waals surface area contributed by atoms with Gasteiger partial charge in [-0.3, -0.25) is 4.79 Å². The summed E-state index contributed by atoms with van der Waals surface area (Å²) < 4.78 is 27.2. The fourth-order valence-electron chi connectivity index (χ4n) is 3.49. The number of halogens is 2. The summed E-state index contributed by atoms with van der Waals surface area (Å²) in [5.74, 6) is -0.767. The number of nitrogens with one attached hydrogen (secondary N) is 1. The van der Waals surface area contributed by atoms with Gasteiger partial charge in [0.2, 0.25) is 15.9 Å². The lowest BCUT2D eigenvalue weighted by Crippen LogP contribution is -2.45. The maximum absolute atomic E-state index is 12.9. The molecule has 29 heavy (non-hydrogen) atoms. The summed E-state index contributed by atoms with van der Waals surface area (Å²) >= 11 is 12.3. The number of benzene rings is 2. The molecule has 0 saturated carbocycles. The Morgan fingerprint density at radius 1 is 1.14 bits per heavy atom. The van der Waals surface area contributed by atoms with Gasteiger partial charge >= 0.3 is 0 Å². The number of hydrogen-bond acceptors (Lipinski definition) is 3. The van der Waals surface area contributed by atoms with Gasteiger partial charge in [0.15, 0.2) is 0 Å². The van der Waals surface area contributed by atoms with Crippen molar-refractivity contribution in [1.29, 1.82) is 0 Å². The molecular formula is C21H24Cl2N2O3S. The van der Waals surface area contributed by atoms with E-state index in [0.29, 0.717) is 41.5 Å². The second kappa shape index (κ2) is 9.47. The van der Waals surface area contributed by atoms with Crippen LogP contribution in [0.2, 0.25) is 10.0 Å². The smallest absolute Gasteiger partial charge is 0.224 e. The molecule has 1 amide bonds. The first-order valence-electron chi connectivity index (χ1n) is 9.51. The third-order valence-electron chi connectivity index (χ3n) is 5.25. The van der Waals surface area contributed by atoms with E-state index >= 15 is 0 Å². The Morgan fingerprint density at radius 2 is 1.83 bits per heavy atom. The van der Waals surface area contributed by atoms with Crippen LogP contribution >= 0.6 is 23.2 Å². The van der Waals surface area contributed by atoms with Crippen molar-refractivity contribution in [2.45, 2.75) is 32.1 Å². The highest BCUT2D eigenvalue weighted by Crippen LogP contribution is 2.29. The van der Waals surface area contributed by atoms with Crippen LogP contribution in [0.1, 0.15) is 29.5 Å². The number of carbonyl (C=O) groups is 1. The first-order chi connectivity index (χ1) is 13.8. The van der Waals surface area contributed by atoms with Gasteiger partial charge in [0.25, 0.3) is 0 Å². The lowest BCUT2D eigenvalue weighted by Gasteiger charge is -2.31. The summed E-state index contributed by atoms with van der Waals surface area (Å²) in [4.78, 5) is 12.6. The van der Waals surface area contributed by atoms with Crippen LogP contribution in [0.5, 0.6) is 0 Å². The highest BCUT2D eigenvalue weighted by Gasteiger charge is 2.33. The second-order valence-corrected chi connectivity index (χ2v) is 10.1. The van der Waals surface area contributed by atoms with Gasteiger partial charge in [-0.15, -0.1) is 0 Å². The van der Waals surface area contributed by atoms with Gasteiger partial charge in [0.05, 0.1) is 11.7 Å². The van der Waals surface area contributed by atoms with Crippen molar-refractivity contribution < 1.29 is 13.2 Å². The fourth-order valence-corrected chi connectivity index (χ4v) is 5.85. The molecule has 2 aromatic rings. The molecule has 1 aliphatic heterocycles. The quantitative estimate of drug-likeness (QED) is 0.712. The van der Waals surface area contributed by atoms with Gasteiger partial charge in [-0.1, -0.05) is 53.5 Å². The van der Waals surface area contributed by atoms with Gasteiger partial charge in [0.1, 0.15) is 0 Å². The van der Waals surface area contributed by atoms with E-state index in [-0.39, 0.29) is 24.1 Å². The Balaban J connectivity index is 1.65. The molecular weight excluding hydrogens is 431 g/mol. The van der Waals surface area contributed by atoms with Crippen molar-refractivity contribution in [1.82, 2.24) is 9.62 Å². The molecule has 2 aromatic carbocycles. The largest absolute Gasteiger partial charge is 0.352 e. The van der Waals surface area contributed by atoms with Crippen molar-refractivity contribution in [3.05, 3.63) is 69.2 Å². The fraction of sp³-hybridized carbons (Fsp3) is 0.381. The topological polar surface area (TPSA) is 66.5 Å². The SMILES string of the molecule is Cc1ccccc1CNC(=O)C1CCCN(S(=O)(=O)Cc2c(Cl)cccc2Cl)C1. The van der Waals surface area contributed by atoms with Crippen LogP contribution in [-0.2, 0) is 27.1 Å². The number of sulfonamides is 1. The van der Waals surface area contributed by atoms with E-state index in [1.54, 1.807) is 18.2 Å². The molecule has 1 N–H and O–H groups in total. The second-order valence-electron chi connectivity index (χ2n) is 7.30. The minimum atomic E-state index is -3.64. The standard InChI is InChI=1S/C21H24Cl2N2O3S/c1-15-6-2-3-7-16(15)12-24-21(26)17-8-5-11-25(13-17)29(27,28)14-18-19(22)9-4-10-20(18)23/h2-4,6-7,9-10,17H,5,8,11-14H2,1H3,(H,24,26). The molecule has 1 saturated heterocycles. The minimum Gasteiger partial charge on any atom is -0.352 e. The molecule has 0 radical (unpaired) electrons. The van der Waals surface area contributed by atoms with Crippen molar-refractivity contribution in [2.24, 2.45) is 5.92 Å². The van der Waals surface area contributed by atoms with E-state index in [9.17, 15) is 13.2 Å². The molecule has 3 rings (SSSR count). The van der Waals surface area contributed by atoms with Gasteiger partial charge in [-0.05, 0) is 43.0 Å². The van der Waals surface area contributed by atoms with Crippen LogP contribution in [0.15, 0.2) is 42.5 Å². The van der Waals surface area contributed by atoms with E-state index in [1.807, 2.05) is 31.2 Å². The number of nitrogens with zero attached hydrogens (tertiary/aromatic N) is 1. The van der Waals surface area contributed by atoms with Gasteiger partial charge in [0, 0.05) is 35.2 Å². The number of amides is 1. The summed E-state index contributed by atoms with van der Waals surface area (Å²) in [6.07, 6.45) is 1.30. The Bertz CT molecular complexity index is 975. The number of rotatable bonds is 6. The monoisotopic (exact) mass is 454 g/mol. The van der Waals surface area contributed by atoms with Crippen molar-refractivity contribution in [3.8, 4) is 0 Å². The van der Waals surface area contributed by atoms with E-state index in [4.69, 9.17) is 23.2 Å². The van der Waals surface area contributed by atoms with Crippen LogP contribution < -0.4 is 5.32 Å². The normalized spacial score (nSPS) is 17.8. The molecule has 8 heteroatoms. The molecule has 156 valence electrons. The Hall–Kier alpha value is -1.60. The zero-order chi connectivity index (χ0) is 21.0. The van der Waals surface area contributed by atoms with Gasteiger partial charge in [-0.2, -0.15) is 0 Å². The number of carbonyl (C=O) groups excluding carboxylic acids is 1. The first kappa shape index (κ1) is 22.1. The number of aryl methyl sites for hydroxylation is 1. The van der Waals surface area contributed by atoms with Crippen LogP contribution in [0.4, 0.5) is 0 Å². The average molecular weight is 455 g/mol. The van der Waals surface area contributed by atoms with Crippen molar-refractivity contribution in [2.75, 3.05) is 13.1 Å². The lowest BCUT2D eigenvalue weighted by atomic mass is 9.98.